The van der Waals surface area contributed by atoms with Crippen LogP contribution < -0.4 is 5.69 Å². The first-order valence-electron chi connectivity index (χ1n) is 9.16. The third kappa shape index (κ3) is 4.42. The summed E-state index contributed by atoms with van der Waals surface area (Å²) in [7, 11) is 1.49. The minimum Gasteiger partial charge on any atom is -0.391 e. The molecule has 0 spiro atoms. The molecule has 0 unspecified atom stereocenters. The maximum atomic E-state index is 13.0. The van der Waals surface area contributed by atoms with Gasteiger partial charge in [-0.05, 0) is 53.1 Å². The van der Waals surface area contributed by atoms with E-state index in [2.05, 4.69) is 15.6 Å². The van der Waals surface area contributed by atoms with E-state index in [1.54, 1.807) is 25.1 Å². The summed E-state index contributed by atoms with van der Waals surface area (Å²) in [4.78, 5) is 17.7. The molecule has 0 amide bonds. The van der Waals surface area contributed by atoms with Gasteiger partial charge in [0.05, 0.1) is 17.0 Å². The average molecular weight is 419 g/mol. The molecule has 1 heterocycles. The number of aryl methyl sites for hydroxylation is 2. The van der Waals surface area contributed by atoms with Gasteiger partial charge in [0, 0.05) is 12.6 Å². The van der Waals surface area contributed by atoms with Crippen molar-refractivity contribution < 1.29 is 18.0 Å². The second-order valence-corrected chi connectivity index (χ2v) is 6.61. The minimum atomic E-state index is -4.43. The Labute approximate surface area is 170 Å². The standard InChI is InChI=1S/C20H20F3N5O2/c1-4-17(14-8-6-9-15(11-14)20(21,22)23)24-30-12-16-13(2)7-5-10-18(16)28-19(29)27(3)25-26-28/h5-11H,4,12H2,1-3H3/b24-17+. The smallest absolute Gasteiger partial charge is 0.391 e. The summed E-state index contributed by atoms with van der Waals surface area (Å²) in [5, 5.41) is 11.6. The van der Waals surface area contributed by atoms with Crippen LogP contribution in [0, 0.1) is 6.92 Å². The molecule has 0 radical (unpaired) electrons. The molecule has 0 N–H and O–H groups in total. The molecule has 10 heteroatoms. The van der Waals surface area contributed by atoms with E-state index >= 15 is 0 Å². The number of halogens is 3. The number of hydrogen-bond acceptors (Lipinski definition) is 5. The van der Waals surface area contributed by atoms with Gasteiger partial charge in [-0.15, -0.1) is 0 Å². The van der Waals surface area contributed by atoms with Gasteiger partial charge >= 0.3 is 11.9 Å². The zero-order valence-electron chi connectivity index (χ0n) is 16.6. The fourth-order valence-electron chi connectivity index (χ4n) is 2.91. The van der Waals surface area contributed by atoms with E-state index in [1.165, 1.54) is 13.1 Å². The molecule has 7 nitrogen and oxygen atoms in total. The summed E-state index contributed by atoms with van der Waals surface area (Å²) >= 11 is 0. The highest BCUT2D eigenvalue weighted by atomic mass is 19.4. The van der Waals surface area contributed by atoms with Crippen LogP contribution in [0.25, 0.3) is 5.69 Å². The van der Waals surface area contributed by atoms with Gasteiger partial charge in [0.1, 0.15) is 6.61 Å². The summed E-state index contributed by atoms with van der Waals surface area (Å²) in [6, 6.07) is 10.3. The number of tetrazole rings is 1. The van der Waals surface area contributed by atoms with Gasteiger partial charge in [0.2, 0.25) is 0 Å². The van der Waals surface area contributed by atoms with Gasteiger partial charge < -0.3 is 4.84 Å². The van der Waals surface area contributed by atoms with Crippen LogP contribution in [0.2, 0.25) is 0 Å². The largest absolute Gasteiger partial charge is 0.416 e. The second kappa shape index (κ2) is 8.52. The number of oxime groups is 1. The molecule has 0 atom stereocenters. The lowest BCUT2D eigenvalue weighted by Crippen LogP contribution is -2.23. The Balaban J connectivity index is 1.88. The number of hydrogen-bond donors (Lipinski definition) is 0. The Morgan fingerprint density at radius 3 is 2.53 bits per heavy atom. The molecule has 1 aromatic heterocycles. The maximum absolute atomic E-state index is 13.0. The van der Waals surface area contributed by atoms with Crippen molar-refractivity contribution >= 4 is 5.71 Å². The first-order chi connectivity index (χ1) is 14.2. The van der Waals surface area contributed by atoms with Crippen LogP contribution in [-0.4, -0.2) is 25.5 Å². The second-order valence-electron chi connectivity index (χ2n) is 6.61. The molecular weight excluding hydrogens is 399 g/mol. The molecular formula is C20H20F3N5O2. The lowest BCUT2D eigenvalue weighted by atomic mass is 10.0. The molecule has 0 aliphatic rings. The number of aromatic nitrogens is 4. The van der Waals surface area contributed by atoms with Crippen LogP contribution in [0.1, 0.15) is 35.6 Å². The van der Waals surface area contributed by atoms with Gasteiger partial charge in [0.15, 0.2) is 0 Å². The van der Waals surface area contributed by atoms with Crippen molar-refractivity contribution in [3.8, 4) is 5.69 Å². The summed E-state index contributed by atoms with van der Waals surface area (Å²) < 4.78 is 41.2. The van der Waals surface area contributed by atoms with Crippen LogP contribution >= 0.6 is 0 Å². The number of alkyl halides is 3. The highest BCUT2D eigenvalue weighted by Gasteiger charge is 2.30. The van der Waals surface area contributed by atoms with Gasteiger partial charge in [-0.3, -0.25) is 0 Å². The fraction of sp³-hybridized carbons (Fsp3) is 0.300. The molecule has 3 rings (SSSR count). The lowest BCUT2D eigenvalue weighted by molar-refractivity contribution is -0.137. The average Bonchev–Trinajstić information content (AvgIpc) is 3.04. The minimum absolute atomic E-state index is 0.00742. The van der Waals surface area contributed by atoms with Crippen LogP contribution in [-0.2, 0) is 24.7 Å². The number of nitrogens with zero attached hydrogens (tertiary/aromatic N) is 5. The van der Waals surface area contributed by atoms with Crippen LogP contribution in [0.4, 0.5) is 13.2 Å². The lowest BCUT2D eigenvalue weighted by Gasteiger charge is -2.12. The first-order valence-corrected chi connectivity index (χ1v) is 9.16. The molecule has 0 aliphatic carbocycles. The van der Waals surface area contributed by atoms with Gasteiger partial charge in [-0.1, -0.05) is 36.3 Å². The Bertz CT molecular complexity index is 1130. The number of benzene rings is 2. The molecule has 30 heavy (non-hydrogen) atoms. The van der Waals surface area contributed by atoms with Crippen LogP contribution in [0.5, 0.6) is 0 Å². The molecule has 158 valence electrons. The molecule has 2 aromatic carbocycles. The highest BCUT2D eigenvalue weighted by Crippen LogP contribution is 2.30. The van der Waals surface area contributed by atoms with Crippen molar-refractivity contribution in [2.75, 3.05) is 0 Å². The van der Waals surface area contributed by atoms with E-state index in [9.17, 15) is 18.0 Å². The normalized spacial score (nSPS) is 12.3. The van der Waals surface area contributed by atoms with Crippen molar-refractivity contribution in [1.29, 1.82) is 0 Å². The van der Waals surface area contributed by atoms with E-state index in [1.807, 2.05) is 13.0 Å². The molecule has 3 aromatic rings. The van der Waals surface area contributed by atoms with E-state index in [-0.39, 0.29) is 6.61 Å². The van der Waals surface area contributed by atoms with Gasteiger partial charge in [-0.25, -0.2) is 4.79 Å². The molecule has 0 saturated heterocycles. The SMILES string of the molecule is CC/C(=N\OCc1c(C)cccc1-n1nnn(C)c1=O)c1cccc(C(F)(F)F)c1. The Morgan fingerprint density at radius 1 is 1.17 bits per heavy atom. The van der Waals surface area contributed by atoms with Crippen molar-refractivity contribution in [2.45, 2.75) is 33.1 Å². The summed E-state index contributed by atoms with van der Waals surface area (Å²) in [5.41, 5.74) is 1.57. The Morgan fingerprint density at radius 2 is 1.90 bits per heavy atom. The van der Waals surface area contributed by atoms with E-state index in [0.29, 0.717) is 28.9 Å². The van der Waals surface area contributed by atoms with Gasteiger partial charge in [0.25, 0.3) is 0 Å². The maximum Gasteiger partial charge on any atom is 0.416 e. The molecule has 0 bridgehead atoms. The fourth-order valence-corrected chi connectivity index (χ4v) is 2.91. The van der Waals surface area contributed by atoms with Gasteiger partial charge in [-0.2, -0.15) is 22.5 Å². The van der Waals surface area contributed by atoms with E-state index in [4.69, 9.17) is 4.84 Å². The van der Waals surface area contributed by atoms with Crippen LogP contribution in [0.15, 0.2) is 52.4 Å². The number of rotatable bonds is 6. The highest BCUT2D eigenvalue weighted by molar-refractivity contribution is 6.00. The van der Waals surface area contributed by atoms with Crippen LogP contribution in [0.3, 0.4) is 0 Å². The molecule has 0 saturated carbocycles. The molecule has 0 aliphatic heterocycles. The monoisotopic (exact) mass is 419 g/mol. The van der Waals surface area contributed by atoms with Crippen molar-refractivity contribution in [2.24, 2.45) is 12.2 Å². The van der Waals surface area contributed by atoms with Crippen molar-refractivity contribution in [1.82, 2.24) is 19.8 Å². The van der Waals surface area contributed by atoms with E-state index < -0.39 is 17.4 Å². The first kappa shape index (κ1) is 21.3. The summed E-state index contributed by atoms with van der Waals surface area (Å²) in [6.07, 6.45) is -4.05. The predicted molar refractivity (Wildman–Crippen MR) is 104 cm³/mol. The quantitative estimate of drug-likeness (QED) is 0.452. The van der Waals surface area contributed by atoms with Crippen molar-refractivity contribution in [3.63, 3.8) is 0 Å². The Hall–Kier alpha value is -3.43. The summed E-state index contributed by atoms with van der Waals surface area (Å²) in [5.74, 6) is 0. The third-order valence-corrected chi connectivity index (χ3v) is 4.58. The van der Waals surface area contributed by atoms with E-state index in [0.717, 1.165) is 27.1 Å². The summed E-state index contributed by atoms with van der Waals surface area (Å²) in [6.45, 7) is 3.63. The molecule has 0 fully saturated rings. The zero-order valence-corrected chi connectivity index (χ0v) is 16.6. The van der Waals surface area contributed by atoms with Crippen molar-refractivity contribution in [3.05, 3.63) is 75.2 Å². The Kier molecular flexibility index (Phi) is 6.04. The zero-order chi connectivity index (χ0) is 21.9. The third-order valence-electron chi connectivity index (χ3n) is 4.58. The predicted octanol–water partition coefficient (Wildman–Crippen LogP) is 3.62. The topological polar surface area (TPSA) is 74.3 Å².